The summed E-state index contributed by atoms with van der Waals surface area (Å²) in [6.07, 6.45) is -0.816. The molecule has 0 spiro atoms. The average Bonchev–Trinajstić information content (AvgIpc) is 2.64. The summed E-state index contributed by atoms with van der Waals surface area (Å²) in [5, 5.41) is 3.94. The van der Waals surface area contributed by atoms with E-state index in [2.05, 4.69) is 31.0 Å². The second kappa shape index (κ2) is 3.85. The first-order valence-electron chi connectivity index (χ1n) is 4.07. The molecule has 0 radical (unpaired) electrons. The molecule has 0 N–H and O–H groups in total. The zero-order valence-electron chi connectivity index (χ0n) is 7.61. The number of nitrogens with zero attached hydrogens (tertiary/aromatic N) is 4. The molecule has 8 heteroatoms. The van der Waals surface area contributed by atoms with Gasteiger partial charge in [-0.15, -0.1) is 0 Å². The van der Waals surface area contributed by atoms with E-state index >= 15 is 0 Å². The fourth-order valence-electron chi connectivity index (χ4n) is 1.03. The van der Waals surface area contributed by atoms with Crippen LogP contribution in [0, 0.1) is 0 Å². The van der Waals surface area contributed by atoms with E-state index in [0.29, 0.717) is 10.3 Å². The largest absolute Gasteiger partial charge is 0.451 e. The molecule has 84 valence electrons. The van der Waals surface area contributed by atoms with Crippen LogP contribution in [-0.2, 0) is 6.18 Å². The normalized spacial score (nSPS) is 11.8. The highest BCUT2D eigenvalue weighted by Gasteiger charge is 2.34. The van der Waals surface area contributed by atoms with Crippen molar-refractivity contribution in [1.82, 2.24) is 19.7 Å². The Morgan fingerprint density at radius 1 is 1.19 bits per heavy atom. The van der Waals surface area contributed by atoms with Crippen molar-refractivity contribution in [1.29, 1.82) is 0 Å². The van der Waals surface area contributed by atoms with E-state index in [1.54, 1.807) is 12.3 Å². The van der Waals surface area contributed by atoms with Crippen LogP contribution in [0.2, 0.25) is 0 Å². The van der Waals surface area contributed by atoms with Crippen LogP contribution in [0.25, 0.3) is 5.69 Å². The van der Waals surface area contributed by atoms with Gasteiger partial charge in [0.15, 0.2) is 0 Å². The summed E-state index contributed by atoms with van der Waals surface area (Å²) >= 11 is 3.12. The maximum absolute atomic E-state index is 12.2. The quantitative estimate of drug-likeness (QED) is 0.811. The Hall–Kier alpha value is -1.44. The van der Waals surface area contributed by atoms with Gasteiger partial charge in [-0.05, 0) is 22.0 Å². The Morgan fingerprint density at radius 2 is 1.81 bits per heavy atom. The monoisotopic (exact) mass is 292 g/mol. The summed E-state index contributed by atoms with van der Waals surface area (Å²) in [5.74, 6) is -1.16. The minimum absolute atomic E-state index is 0.360. The molecule has 2 aromatic rings. The Morgan fingerprint density at radius 3 is 2.25 bits per heavy atom. The first kappa shape index (κ1) is 11.1. The lowest BCUT2D eigenvalue weighted by atomic mass is 10.5. The zero-order chi connectivity index (χ0) is 11.8. The second-order valence-corrected chi connectivity index (χ2v) is 3.66. The van der Waals surface area contributed by atoms with E-state index in [1.807, 2.05) is 0 Å². The van der Waals surface area contributed by atoms with Crippen LogP contribution >= 0.6 is 15.9 Å². The molecular weight excluding hydrogens is 289 g/mol. The maximum Gasteiger partial charge on any atom is 0.451 e. The lowest BCUT2D eigenvalue weighted by Gasteiger charge is -2.05. The SMILES string of the molecule is FC(F)(F)c1ncc(-n2ccc(Br)n2)cn1. The molecule has 0 atom stereocenters. The Kier molecular flexibility index (Phi) is 2.66. The van der Waals surface area contributed by atoms with Crippen molar-refractivity contribution in [3.63, 3.8) is 0 Å². The van der Waals surface area contributed by atoms with Crippen molar-refractivity contribution in [2.45, 2.75) is 6.18 Å². The number of alkyl halides is 3. The van der Waals surface area contributed by atoms with Crippen molar-refractivity contribution in [2.75, 3.05) is 0 Å². The number of halogens is 4. The number of aromatic nitrogens is 4. The topological polar surface area (TPSA) is 43.6 Å². The third kappa shape index (κ3) is 2.21. The Labute approximate surface area is 96.3 Å². The summed E-state index contributed by atoms with van der Waals surface area (Å²) in [6.45, 7) is 0. The highest BCUT2D eigenvalue weighted by atomic mass is 79.9. The van der Waals surface area contributed by atoms with Crippen LogP contribution < -0.4 is 0 Å². The van der Waals surface area contributed by atoms with Crippen LogP contribution in [0.1, 0.15) is 5.82 Å². The molecule has 0 unspecified atom stereocenters. The minimum atomic E-state index is -4.52. The standard InChI is InChI=1S/C8H4BrF3N4/c9-6-1-2-16(15-6)5-3-13-7(14-4-5)8(10,11)12/h1-4H. The molecule has 0 saturated heterocycles. The van der Waals surface area contributed by atoms with Gasteiger partial charge in [0, 0.05) is 6.20 Å². The van der Waals surface area contributed by atoms with Gasteiger partial charge in [-0.2, -0.15) is 18.3 Å². The average molecular weight is 293 g/mol. The van der Waals surface area contributed by atoms with E-state index in [0.717, 1.165) is 12.4 Å². The van der Waals surface area contributed by atoms with Gasteiger partial charge in [-0.3, -0.25) is 0 Å². The smallest absolute Gasteiger partial charge is 0.237 e. The fourth-order valence-corrected chi connectivity index (χ4v) is 1.32. The van der Waals surface area contributed by atoms with Crippen molar-refractivity contribution in [3.05, 3.63) is 35.1 Å². The summed E-state index contributed by atoms with van der Waals surface area (Å²) in [4.78, 5) is 6.45. The lowest BCUT2D eigenvalue weighted by molar-refractivity contribution is -0.145. The van der Waals surface area contributed by atoms with E-state index in [9.17, 15) is 13.2 Å². The molecule has 0 aliphatic rings. The van der Waals surface area contributed by atoms with Crippen LogP contribution in [0.4, 0.5) is 13.2 Å². The maximum atomic E-state index is 12.2. The van der Waals surface area contributed by atoms with Gasteiger partial charge in [-0.1, -0.05) is 0 Å². The molecule has 0 aliphatic heterocycles. The first-order chi connectivity index (χ1) is 7.47. The molecule has 0 aliphatic carbocycles. The highest BCUT2D eigenvalue weighted by Crippen LogP contribution is 2.25. The summed E-state index contributed by atoms with van der Waals surface area (Å²) < 4.78 is 38.5. The number of rotatable bonds is 1. The molecule has 0 fully saturated rings. The molecule has 4 nitrogen and oxygen atoms in total. The Bertz CT molecular complexity index is 491. The van der Waals surface area contributed by atoms with Gasteiger partial charge in [0.1, 0.15) is 10.3 Å². The second-order valence-electron chi connectivity index (χ2n) is 2.85. The van der Waals surface area contributed by atoms with E-state index in [4.69, 9.17) is 0 Å². The fraction of sp³-hybridized carbons (Fsp3) is 0.125. The number of hydrogen-bond donors (Lipinski definition) is 0. The predicted molar refractivity (Wildman–Crippen MR) is 51.9 cm³/mol. The van der Waals surface area contributed by atoms with Crippen molar-refractivity contribution in [3.8, 4) is 5.69 Å². The Balaban J connectivity index is 2.33. The third-order valence-corrected chi connectivity index (χ3v) is 2.14. The molecule has 2 heterocycles. The molecule has 0 bridgehead atoms. The van der Waals surface area contributed by atoms with Crippen molar-refractivity contribution < 1.29 is 13.2 Å². The number of hydrogen-bond acceptors (Lipinski definition) is 3. The lowest BCUT2D eigenvalue weighted by Crippen LogP contribution is -2.11. The first-order valence-corrected chi connectivity index (χ1v) is 4.87. The van der Waals surface area contributed by atoms with Crippen molar-refractivity contribution >= 4 is 15.9 Å². The molecule has 0 aromatic carbocycles. The molecule has 16 heavy (non-hydrogen) atoms. The zero-order valence-corrected chi connectivity index (χ0v) is 9.20. The summed E-state index contributed by atoms with van der Waals surface area (Å²) in [6, 6.07) is 1.65. The highest BCUT2D eigenvalue weighted by molar-refractivity contribution is 9.10. The minimum Gasteiger partial charge on any atom is -0.237 e. The molecule has 0 saturated carbocycles. The van der Waals surface area contributed by atoms with Crippen LogP contribution in [0.5, 0.6) is 0 Å². The molecule has 2 rings (SSSR count). The summed E-state index contributed by atoms with van der Waals surface area (Å²) in [5.41, 5.74) is 0.360. The summed E-state index contributed by atoms with van der Waals surface area (Å²) in [7, 11) is 0. The molecular formula is C8H4BrF3N4. The predicted octanol–water partition coefficient (Wildman–Crippen LogP) is 2.44. The third-order valence-electron chi connectivity index (χ3n) is 1.71. The van der Waals surface area contributed by atoms with E-state index in [-0.39, 0.29) is 0 Å². The van der Waals surface area contributed by atoms with Crippen LogP contribution in [0.3, 0.4) is 0 Å². The molecule has 0 amide bonds. The van der Waals surface area contributed by atoms with Gasteiger partial charge >= 0.3 is 6.18 Å². The van der Waals surface area contributed by atoms with E-state index in [1.165, 1.54) is 4.68 Å². The van der Waals surface area contributed by atoms with Crippen LogP contribution in [-0.4, -0.2) is 19.7 Å². The van der Waals surface area contributed by atoms with Crippen molar-refractivity contribution in [2.24, 2.45) is 0 Å². The van der Waals surface area contributed by atoms with Gasteiger partial charge in [0.05, 0.1) is 12.4 Å². The van der Waals surface area contributed by atoms with Crippen LogP contribution in [0.15, 0.2) is 29.3 Å². The van der Waals surface area contributed by atoms with Gasteiger partial charge in [-0.25, -0.2) is 14.6 Å². The molecule has 2 aromatic heterocycles. The van der Waals surface area contributed by atoms with Gasteiger partial charge in [0.2, 0.25) is 5.82 Å². The van der Waals surface area contributed by atoms with Gasteiger partial charge < -0.3 is 0 Å². The van der Waals surface area contributed by atoms with Gasteiger partial charge in [0.25, 0.3) is 0 Å². The van der Waals surface area contributed by atoms with E-state index < -0.39 is 12.0 Å².